The lowest BCUT2D eigenvalue weighted by Gasteiger charge is -2.22. The number of aryl methyl sites for hydroxylation is 2. The maximum atomic E-state index is 4.51. The Hall–Kier alpha value is -0.830. The van der Waals surface area contributed by atoms with Gasteiger partial charge < -0.3 is 5.32 Å². The van der Waals surface area contributed by atoms with Gasteiger partial charge in [0.1, 0.15) is 0 Å². The SMILES string of the molecule is CNC(CCc1c(C)nn(C)c1C)C1CCCC1. The van der Waals surface area contributed by atoms with Crippen LogP contribution in [0.5, 0.6) is 0 Å². The number of hydrogen-bond donors (Lipinski definition) is 1. The van der Waals surface area contributed by atoms with Crippen molar-refractivity contribution in [2.75, 3.05) is 7.05 Å². The zero-order valence-electron chi connectivity index (χ0n) is 12.3. The fraction of sp³-hybridized carbons (Fsp3) is 0.800. The molecule has 102 valence electrons. The smallest absolute Gasteiger partial charge is 0.0628 e. The predicted molar refractivity (Wildman–Crippen MR) is 75.8 cm³/mol. The summed E-state index contributed by atoms with van der Waals surface area (Å²) in [6, 6.07) is 0.687. The van der Waals surface area contributed by atoms with Crippen LogP contribution in [0.25, 0.3) is 0 Å². The molecule has 1 aromatic heterocycles. The molecule has 3 heteroatoms. The molecule has 0 spiro atoms. The van der Waals surface area contributed by atoms with Gasteiger partial charge in [0.05, 0.1) is 5.69 Å². The second kappa shape index (κ2) is 5.87. The molecule has 1 heterocycles. The standard InChI is InChI=1S/C15H27N3/c1-11-14(12(2)18(4)17-11)9-10-15(16-3)13-7-5-6-8-13/h13,15-16H,5-10H2,1-4H3. The molecule has 1 aliphatic carbocycles. The van der Waals surface area contributed by atoms with Gasteiger partial charge in [-0.05, 0) is 58.1 Å². The summed E-state index contributed by atoms with van der Waals surface area (Å²) >= 11 is 0. The summed E-state index contributed by atoms with van der Waals surface area (Å²) in [7, 11) is 4.16. The molecule has 1 aliphatic rings. The molecule has 1 fully saturated rings. The Morgan fingerprint density at radius 2 is 2.00 bits per heavy atom. The minimum Gasteiger partial charge on any atom is -0.317 e. The van der Waals surface area contributed by atoms with E-state index in [1.807, 2.05) is 11.7 Å². The van der Waals surface area contributed by atoms with Crippen LogP contribution in [0.2, 0.25) is 0 Å². The van der Waals surface area contributed by atoms with Gasteiger partial charge in [0, 0.05) is 18.8 Å². The third kappa shape index (κ3) is 2.77. The number of aromatic nitrogens is 2. The van der Waals surface area contributed by atoms with Crippen LogP contribution in [0.1, 0.15) is 49.1 Å². The molecule has 18 heavy (non-hydrogen) atoms. The van der Waals surface area contributed by atoms with Crippen molar-refractivity contribution in [3.05, 3.63) is 17.0 Å². The second-order valence-electron chi connectivity index (χ2n) is 5.75. The van der Waals surface area contributed by atoms with Crippen LogP contribution < -0.4 is 5.32 Å². The quantitative estimate of drug-likeness (QED) is 0.869. The maximum absolute atomic E-state index is 4.51. The Kier molecular flexibility index (Phi) is 4.44. The first-order valence-corrected chi connectivity index (χ1v) is 7.29. The van der Waals surface area contributed by atoms with E-state index >= 15 is 0 Å². The number of rotatable bonds is 5. The van der Waals surface area contributed by atoms with E-state index in [2.05, 4.69) is 31.3 Å². The zero-order chi connectivity index (χ0) is 13.1. The van der Waals surface area contributed by atoms with Crippen molar-refractivity contribution >= 4 is 0 Å². The summed E-state index contributed by atoms with van der Waals surface area (Å²) in [5.74, 6) is 0.896. The third-order valence-corrected chi connectivity index (χ3v) is 4.70. The summed E-state index contributed by atoms with van der Waals surface area (Å²) < 4.78 is 2.01. The molecular weight excluding hydrogens is 222 g/mol. The van der Waals surface area contributed by atoms with Crippen LogP contribution in [-0.4, -0.2) is 22.9 Å². The molecule has 2 rings (SSSR count). The van der Waals surface area contributed by atoms with Gasteiger partial charge in [-0.1, -0.05) is 12.8 Å². The predicted octanol–water partition coefficient (Wildman–Crippen LogP) is 2.75. The largest absolute Gasteiger partial charge is 0.317 e. The molecule has 0 amide bonds. The number of nitrogens with zero attached hydrogens (tertiary/aromatic N) is 2. The molecule has 1 N–H and O–H groups in total. The van der Waals surface area contributed by atoms with Crippen LogP contribution in [0.4, 0.5) is 0 Å². The van der Waals surface area contributed by atoms with Crippen molar-refractivity contribution in [3.8, 4) is 0 Å². The summed E-state index contributed by atoms with van der Waals surface area (Å²) in [5.41, 5.74) is 3.99. The van der Waals surface area contributed by atoms with Crippen molar-refractivity contribution < 1.29 is 0 Å². The number of hydrogen-bond acceptors (Lipinski definition) is 2. The van der Waals surface area contributed by atoms with Gasteiger partial charge in [-0.25, -0.2) is 0 Å². The second-order valence-corrected chi connectivity index (χ2v) is 5.75. The van der Waals surface area contributed by atoms with E-state index < -0.39 is 0 Å². The van der Waals surface area contributed by atoms with E-state index in [9.17, 15) is 0 Å². The highest BCUT2D eigenvalue weighted by Crippen LogP contribution is 2.29. The molecule has 1 unspecified atom stereocenters. The minimum absolute atomic E-state index is 0.687. The lowest BCUT2D eigenvalue weighted by molar-refractivity contribution is 0.359. The zero-order valence-corrected chi connectivity index (χ0v) is 12.3. The monoisotopic (exact) mass is 249 g/mol. The summed E-state index contributed by atoms with van der Waals surface area (Å²) in [5, 5.41) is 8.04. The first-order valence-electron chi connectivity index (χ1n) is 7.29. The average molecular weight is 249 g/mol. The van der Waals surface area contributed by atoms with E-state index in [0.717, 1.165) is 12.3 Å². The highest BCUT2D eigenvalue weighted by Gasteiger charge is 2.24. The highest BCUT2D eigenvalue weighted by atomic mass is 15.3. The van der Waals surface area contributed by atoms with E-state index in [0.29, 0.717) is 6.04 Å². The van der Waals surface area contributed by atoms with Gasteiger partial charge in [-0.15, -0.1) is 0 Å². The van der Waals surface area contributed by atoms with Crippen LogP contribution in [0, 0.1) is 19.8 Å². The Morgan fingerprint density at radius 1 is 1.33 bits per heavy atom. The van der Waals surface area contributed by atoms with Crippen molar-refractivity contribution in [2.45, 2.75) is 58.4 Å². The lowest BCUT2D eigenvalue weighted by atomic mass is 9.92. The van der Waals surface area contributed by atoms with Gasteiger partial charge >= 0.3 is 0 Å². The molecule has 0 aliphatic heterocycles. The first-order chi connectivity index (χ1) is 8.63. The van der Waals surface area contributed by atoms with E-state index in [1.165, 1.54) is 49.1 Å². The molecule has 1 atom stereocenters. The summed E-state index contributed by atoms with van der Waals surface area (Å²) in [6.45, 7) is 4.31. The lowest BCUT2D eigenvalue weighted by Crippen LogP contribution is -2.32. The van der Waals surface area contributed by atoms with Gasteiger partial charge in [0.15, 0.2) is 0 Å². The minimum atomic E-state index is 0.687. The summed E-state index contributed by atoms with van der Waals surface area (Å²) in [6.07, 6.45) is 8.08. The van der Waals surface area contributed by atoms with E-state index in [1.54, 1.807) is 0 Å². The molecule has 1 aromatic rings. The van der Waals surface area contributed by atoms with Gasteiger partial charge in [-0.2, -0.15) is 5.10 Å². The van der Waals surface area contributed by atoms with E-state index in [-0.39, 0.29) is 0 Å². The molecule has 0 radical (unpaired) electrons. The highest BCUT2D eigenvalue weighted by molar-refractivity contribution is 5.24. The molecular formula is C15H27N3. The topological polar surface area (TPSA) is 29.9 Å². The Labute approximate surface area is 111 Å². The van der Waals surface area contributed by atoms with Gasteiger partial charge in [-0.3, -0.25) is 4.68 Å². The molecule has 3 nitrogen and oxygen atoms in total. The molecule has 0 bridgehead atoms. The van der Waals surface area contributed by atoms with Crippen molar-refractivity contribution in [1.82, 2.24) is 15.1 Å². The van der Waals surface area contributed by atoms with Crippen molar-refractivity contribution in [2.24, 2.45) is 13.0 Å². The Morgan fingerprint density at radius 3 is 2.50 bits per heavy atom. The van der Waals surface area contributed by atoms with E-state index in [4.69, 9.17) is 0 Å². The third-order valence-electron chi connectivity index (χ3n) is 4.70. The van der Waals surface area contributed by atoms with Crippen LogP contribution in [0.3, 0.4) is 0 Å². The average Bonchev–Trinajstić information content (AvgIpc) is 2.94. The normalized spacial score (nSPS) is 18.4. The maximum Gasteiger partial charge on any atom is 0.0628 e. The summed E-state index contributed by atoms with van der Waals surface area (Å²) in [4.78, 5) is 0. The molecule has 0 aromatic carbocycles. The fourth-order valence-corrected chi connectivity index (χ4v) is 3.45. The Bertz CT molecular complexity index is 389. The Balaban J connectivity index is 1.96. The number of nitrogens with one attached hydrogen (secondary N) is 1. The first kappa shape index (κ1) is 13.6. The van der Waals surface area contributed by atoms with Crippen LogP contribution >= 0.6 is 0 Å². The molecule has 0 saturated heterocycles. The van der Waals surface area contributed by atoms with Gasteiger partial charge in [0.2, 0.25) is 0 Å². The molecule has 1 saturated carbocycles. The van der Waals surface area contributed by atoms with Crippen LogP contribution in [-0.2, 0) is 13.5 Å². The van der Waals surface area contributed by atoms with Crippen molar-refractivity contribution in [3.63, 3.8) is 0 Å². The van der Waals surface area contributed by atoms with Crippen LogP contribution in [0.15, 0.2) is 0 Å². The van der Waals surface area contributed by atoms with Crippen molar-refractivity contribution in [1.29, 1.82) is 0 Å². The van der Waals surface area contributed by atoms with Gasteiger partial charge in [0.25, 0.3) is 0 Å². The fourth-order valence-electron chi connectivity index (χ4n) is 3.45.